The molecule has 1 aliphatic carbocycles. The predicted molar refractivity (Wildman–Crippen MR) is 121 cm³/mol. The second-order valence-corrected chi connectivity index (χ2v) is 8.43. The molecular formula is C24H31F3N4O. The van der Waals surface area contributed by atoms with Crippen molar-refractivity contribution >= 4 is 5.96 Å². The van der Waals surface area contributed by atoms with E-state index in [-0.39, 0.29) is 11.0 Å². The number of rotatable bonds is 8. The van der Waals surface area contributed by atoms with Gasteiger partial charge in [-0.15, -0.1) is 0 Å². The first kappa shape index (κ1) is 23.9. The summed E-state index contributed by atoms with van der Waals surface area (Å²) in [6.45, 7) is 3.81. The van der Waals surface area contributed by atoms with E-state index >= 15 is 0 Å². The minimum absolute atomic E-state index is 0.0100. The van der Waals surface area contributed by atoms with Crippen molar-refractivity contribution in [2.24, 2.45) is 4.99 Å². The van der Waals surface area contributed by atoms with Gasteiger partial charge in [-0.2, -0.15) is 13.2 Å². The number of aromatic nitrogens is 1. The molecule has 0 unspecified atom stereocenters. The van der Waals surface area contributed by atoms with Crippen LogP contribution in [0.25, 0.3) is 0 Å². The lowest BCUT2D eigenvalue weighted by atomic mass is 9.64. The zero-order valence-electron chi connectivity index (χ0n) is 18.6. The fourth-order valence-electron chi connectivity index (χ4n) is 4.18. The average molecular weight is 449 g/mol. The van der Waals surface area contributed by atoms with Crippen LogP contribution < -0.4 is 16.2 Å². The molecule has 0 bridgehead atoms. The number of hydrogen-bond acceptors (Lipinski definition) is 2. The van der Waals surface area contributed by atoms with Gasteiger partial charge in [-0.1, -0.05) is 30.7 Å². The number of aliphatic imine (C=N–C) groups is 1. The van der Waals surface area contributed by atoms with Crippen molar-refractivity contribution in [3.05, 3.63) is 69.6 Å². The molecule has 0 amide bonds. The van der Waals surface area contributed by atoms with Crippen LogP contribution in [0.3, 0.4) is 0 Å². The summed E-state index contributed by atoms with van der Waals surface area (Å²) in [4.78, 5) is 16.2. The summed E-state index contributed by atoms with van der Waals surface area (Å²) in [5, 5.41) is 6.56. The Morgan fingerprint density at radius 2 is 1.88 bits per heavy atom. The van der Waals surface area contributed by atoms with Crippen molar-refractivity contribution in [2.45, 2.75) is 57.2 Å². The lowest BCUT2D eigenvalue weighted by molar-refractivity contribution is -0.137. The first-order valence-corrected chi connectivity index (χ1v) is 11.0. The van der Waals surface area contributed by atoms with E-state index in [0.29, 0.717) is 25.6 Å². The molecule has 3 rings (SSSR count). The molecule has 1 saturated carbocycles. The molecule has 1 aromatic carbocycles. The molecule has 174 valence electrons. The third kappa shape index (κ3) is 5.72. The van der Waals surface area contributed by atoms with Gasteiger partial charge in [0.15, 0.2) is 5.96 Å². The number of nitrogens with one attached hydrogen (secondary N) is 2. The molecule has 2 N–H and O–H groups in total. The van der Waals surface area contributed by atoms with Crippen LogP contribution in [0, 0.1) is 6.92 Å². The number of nitrogens with zero attached hydrogens (tertiary/aromatic N) is 2. The molecule has 1 fully saturated rings. The second-order valence-electron chi connectivity index (χ2n) is 8.43. The highest BCUT2D eigenvalue weighted by molar-refractivity contribution is 5.79. The summed E-state index contributed by atoms with van der Waals surface area (Å²) in [7, 11) is 1.68. The minimum atomic E-state index is -4.34. The lowest BCUT2D eigenvalue weighted by Crippen LogP contribution is -2.49. The number of alkyl halides is 3. The summed E-state index contributed by atoms with van der Waals surface area (Å²) >= 11 is 0. The van der Waals surface area contributed by atoms with Gasteiger partial charge in [-0.3, -0.25) is 9.79 Å². The van der Waals surface area contributed by atoms with Crippen molar-refractivity contribution in [1.29, 1.82) is 0 Å². The quantitative estimate of drug-likeness (QED) is 0.361. The standard InChI is InChI=1S/C24H31F3N4O/c1-18-8-5-11-21(32)31(18)15-4-3-14-29-22(28-2)30-17-23(12-7-13-23)19-9-6-10-20(16-19)24(25,26)27/h5-6,8-11,16H,3-4,7,12-15,17H2,1-2H3,(H2,28,29,30). The molecule has 1 aliphatic rings. The largest absolute Gasteiger partial charge is 0.416 e. The molecule has 0 spiro atoms. The Morgan fingerprint density at radius 3 is 2.50 bits per heavy atom. The summed E-state index contributed by atoms with van der Waals surface area (Å²) < 4.78 is 41.2. The van der Waals surface area contributed by atoms with Gasteiger partial charge in [0.1, 0.15) is 0 Å². The highest BCUT2D eigenvalue weighted by atomic mass is 19.4. The molecule has 1 aromatic heterocycles. The molecule has 0 saturated heterocycles. The lowest BCUT2D eigenvalue weighted by Gasteiger charge is -2.43. The Balaban J connectivity index is 1.50. The zero-order chi connectivity index (χ0) is 23.2. The molecule has 8 heteroatoms. The maximum Gasteiger partial charge on any atom is 0.416 e. The van der Waals surface area contributed by atoms with Gasteiger partial charge >= 0.3 is 6.18 Å². The Kier molecular flexibility index (Phi) is 7.64. The van der Waals surface area contributed by atoms with Crippen LogP contribution in [-0.2, 0) is 18.1 Å². The van der Waals surface area contributed by atoms with E-state index in [4.69, 9.17) is 0 Å². The normalized spacial score (nSPS) is 15.8. The van der Waals surface area contributed by atoms with Gasteiger partial charge in [0, 0.05) is 43.9 Å². The molecule has 2 aromatic rings. The monoisotopic (exact) mass is 448 g/mol. The number of pyridine rings is 1. The van der Waals surface area contributed by atoms with Crippen LogP contribution in [0.1, 0.15) is 48.9 Å². The van der Waals surface area contributed by atoms with Gasteiger partial charge < -0.3 is 15.2 Å². The maximum atomic E-state index is 13.1. The molecule has 0 atom stereocenters. The summed E-state index contributed by atoms with van der Waals surface area (Å²) in [5.74, 6) is 0.635. The van der Waals surface area contributed by atoms with Crippen molar-refractivity contribution in [1.82, 2.24) is 15.2 Å². The number of guanidine groups is 1. The van der Waals surface area contributed by atoms with Gasteiger partial charge in [-0.25, -0.2) is 0 Å². The maximum absolute atomic E-state index is 13.1. The van der Waals surface area contributed by atoms with Crippen molar-refractivity contribution in [3.63, 3.8) is 0 Å². The Morgan fingerprint density at radius 1 is 1.12 bits per heavy atom. The molecule has 5 nitrogen and oxygen atoms in total. The predicted octanol–water partition coefficient (Wildman–Crippen LogP) is 4.24. The van der Waals surface area contributed by atoms with Gasteiger partial charge in [0.05, 0.1) is 5.56 Å². The van der Waals surface area contributed by atoms with Crippen LogP contribution in [0.15, 0.2) is 52.3 Å². The van der Waals surface area contributed by atoms with Gasteiger partial charge in [0.25, 0.3) is 5.56 Å². The Labute approximate surface area is 186 Å². The van der Waals surface area contributed by atoms with E-state index in [1.165, 1.54) is 12.1 Å². The van der Waals surface area contributed by atoms with Gasteiger partial charge in [-0.05, 0) is 50.3 Å². The summed E-state index contributed by atoms with van der Waals surface area (Å²) in [5.41, 5.74) is 0.783. The third-order valence-corrected chi connectivity index (χ3v) is 6.30. The molecule has 0 aliphatic heterocycles. The highest BCUT2D eigenvalue weighted by Crippen LogP contribution is 2.44. The van der Waals surface area contributed by atoms with Crippen LogP contribution in [-0.4, -0.2) is 30.7 Å². The highest BCUT2D eigenvalue weighted by Gasteiger charge is 2.40. The van der Waals surface area contributed by atoms with E-state index in [2.05, 4.69) is 15.6 Å². The number of halogens is 3. The third-order valence-electron chi connectivity index (χ3n) is 6.30. The second kappa shape index (κ2) is 10.2. The Bertz CT molecular complexity index is 993. The van der Waals surface area contributed by atoms with Crippen LogP contribution >= 0.6 is 0 Å². The van der Waals surface area contributed by atoms with E-state index in [1.54, 1.807) is 29.8 Å². The zero-order valence-corrected chi connectivity index (χ0v) is 18.6. The van der Waals surface area contributed by atoms with E-state index in [1.807, 2.05) is 13.0 Å². The number of unbranched alkanes of at least 4 members (excludes halogenated alkanes) is 1. The fraction of sp³-hybridized carbons (Fsp3) is 0.500. The Hall–Kier alpha value is -2.77. The summed E-state index contributed by atoms with van der Waals surface area (Å²) in [6, 6.07) is 10.9. The molecule has 1 heterocycles. The molecular weight excluding hydrogens is 417 g/mol. The average Bonchev–Trinajstić information content (AvgIpc) is 2.72. The van der Waals surface area contributed by atoms with E-state index < -0.39 is 11.7 Å². The number of aryl methyl sites for hydroxylation is 1. The minimum Gasteiger partial charge on any atom is -0.356 e. The number of benzene rings is 1. The molecule has 0 radical (unpaired) electrons. The van der Waals surface area contributed by atoms with Crippen LogP contribution in [0.5, 0.6) is 0 Å². The van der Waals surface area contributed by atoms with Crippen molar-refractivity contribution in [3.8, 4) is 0 Å². The first-order valence-electron chi connectivity index (χ1n) is 11.0. The van der Waals surface area contributed by atoms with E-state index in [0.717, 1.165) is 49.4 Å². The molecule has 32 heavy (non-hydrogen) atoms. The van der Waals surface area contributed by atoms with Crippen molar-refractivity contribution in [2.75, 3.05) is 20.1 Å². The fourth-order valence-corrected chi connectivity index (χ4v) is 4.18. The smallest absolute Gasteiger partial charge is 0.356 e. The summed E-state index contributed by atoms with van der Waals surface area (Å²) in [6.07, 6.45) is 0.0771. The van der Waals surface area contributed by atoms with Gasteiger partial charge in [0.2, 0.25) is 0 Å². The van der Waals surface area contributed by atoms with E-state index in [9.17, 15) is 18.0 Å². The number of hydrogen-bond donors (Lipinski definition) is 2. The topological polar surface area (TPSA) is 58.4 Å². The van der Waals surface area contributed by atoms with Crippen LogP contribution in [0.2, 0.25) is 0 Å². The first-order chi connectivity index (χ1) is 15.2. The SMILES string of the molecule is CN=C(NCCCCn1c(C)cccc1=O)NCC1(c2cccc(C(F)(F)F)c2)CCC1. The van der Waals surface area contributed by atoms with Crippen molar-refractivity contribution < 1.29 is 13.2 Å². The van der Waals surface area contributed by atoms with Crippen LogP contribution in [0.4, 0.5) is 13.2 Å².